The van der Waals surface area contributed by atoms with Crippen LogP contribution in [0.2, 0.25) is 0 Å². The Bertz CT molecular complexity index is 1690. The van der Waals surface area contributed by atoms with Gasteiger partial charge in [0.2, 0.25) is 24.2 Å². The zero-order chi connectivity index (χ0) is 27.5. The van der Waals surface area contributed by atoms with Gasteiger partial charge in [-0.3, -0.25) is 9.52 Å². The Hall–Kier alpha value is -3.88. The molecular formula is C24H21FN4O6S3. The van der Waals surface area contributed by atoms with E-state index in [4.69, 9.17) is 4.74 Å². The van der Waals surface area contributed by atoms with Gasteiger partial charge in [-0.15, -0.1) is 5.10 Å². The third-order valence-electron chi connectivity index (χ3n) is 5.01. The number of nitrogens with zero attached hydrogens (tertiary/aromatic N) is 2. The summed E-state index contributed by atoms with van der Waals surface area (Å²) < 4.78 is 69.3. The number of benzene rings is 3. The number of rotatable bonds is 9. The summed E-state index contributed by atoms with van der Waals surface area (Å²) in [5.41, 5.74) is 1.92. The van der Waals surface area contributed by atoms with Crippen molar-refractivity contribution in [3.63, 3.8) is 0 Å². The number of sulfone groups is 1. The molecule has 0 spiro atoms. The van der Waals surface area contributed by atoms with Crippen molar-refractivity contribution in [3.8, 4) is 10.9 Å². The van der Waals surface area contributed by atoms with Gasteiger partial charge < -0.3 is 10.1 Å². The Morgan fingerprint density at radius 1 is 0.947 bits per heavy atom. The van der Waals surface area contributed by atoms with Crippen LogP contribution in [-0.4, -0.2) is 39.2 Å². The van der Waals surface area contributed by atoms with E-state index < -0.39 is 25.8 Å². The summed E-state index contributed by atoms with van der Waals surface area (Å²) >= 11 is 0.745. The quantitative estimate of drug-likeness (QED) is 0.299. The molecule has 14 heteroatoms. The SMILES string of the molecule is Cc1cc(NC(=O)c2ccc(CS(=O)(=O)c3nnc(Oc4ccc(NS(C)(=O)=O)cc4)s3)cc2)ccc1F. The van der Waals surface area contributed by atoms with Gasteiger partial charge in [-0.25, -0.2) is 21.2 Å². The van der Waals surface area contributed by atoms with Crippen molar-refractivity contribution < 1.29 is 30.8 Å². The lowest BCUT2D eigenvalue weighted by Gasteiger charge is -2.07. The van der Waals surface area contributed by atoms with E-state index in [2.05, 4.69) is 20.2 Å². The number of aromatic nitrogens is 2. The second kappa shape index (κ2) is 10.8. The number of ether oxygens (including phenoxy) is 1. The molecule has 0 saturated carbocycles. The van der Waals surface area contributed by atoms with Crippen LogP contribution < -0.4 is 14.8 Å². The first-order chi connectivity index (χ1) is 17.9. The molecule has 10 nitrogen and oxygen atoms in total. The fraction of sp³-hybridized carbons (Fsp3) is 0.125. The van der Waals surface area contributed by atoms with Crippen LogP contribution in [0.1, 0.15) is 21.5 Å². The number of carbonyl (C=O) groups excluding carboxylic acids is 1. The molecule has 1 aromatic heterocycles. The normalized spacial score (nSPS) is 11.7. The Labute approximate surface area is 222 Å². The predicted molar refractivity (Wildman–Crippen MR) is 141 cm³/mol. The molecular weight excluding hydrogens is 555 g/mol. The van der Waals surface area contributed by atoms with Gasteiger partial charge in [0.1, 0.15) is 11.6 Å². The lowest BCUT2D eigenvalue weighted by atomic mass is 10.1. The van der Waals surface area contributed by atoms with Crippen LogP contribution in [0, 0.1) is 12.7 Å². The van der Waals surface area contributed by atoms with Crippen LogP contribution in [0.25, 0.3) is 0 Å². The Kier molecular flexibility index (Phi) is 7.76. The van der Waals surface area contributed by atoms with E-state index in [0.717, 1.165) is 17.6 Å². The number of nitrogens with one attached hydrogen (secondary N) is 2. The van der Waals surface area contributed by atoms with Gasteiger partial charge in [-0.05, 0) is 84.0 Å². The average Bonchev–Trinajstić information content (AvgIpc) is 3.32. The number of sulfonamides is 1. The molecule has 0 radical (unpaired) electrons. The fourth-order valence-electron chi connectivity index (χ4n) is 3.23. The second-order valence-electron chi connectivity index (χ2n) is 8.21. The van der Waals surface area contributed by atoms with E-state index in [-0.39, 0.29) is 21.1 Å². The molecule has 0 unspecified atom stereocenters. The highest BCUT2D eigenvalue weighted by molar-refractivity contribution is 7.92. The van der Waals surface area contributed by atoms with Crippen LogP contribution in [0.4, 0.5) is 15.8 Å². The smallest absolute Gasteiger partial charge is 0.300 e. The Balaban J connectivity index is 1.38. The number of aryl methyl sites for hydroxylation is 1. The van der Waals surface area contributed by atoms with Crippen molar-refractivity contribution in [2.75, 3.05) is 16.3 Å². The predicted octanol–water partition coefficient (Wildman–Crippen LogP) is 4.38. The number of halogens is 1. The van der Waals surface area contributed by atoms with E-state index in [1.165, 1.54) is 66.7 Å². The van der Waals surface area contributed by atoms with Crippen LogP contribution in [-0.2, 0) is 25.6 Å². The van der Waals surface area contributed by atoms with Gasteiger partial charge in [-0.2, -0.15) is 0 Å². The van der Waals surface area contributed by atoms with Crippen molar-refractivity contribution in [2.24, 2.45) is 0 Å². The van der Waals surface area contributed by atoms with E-state index in [1.807, 2.05) is 0 Å². The van der Waals surface area contributed by atoms with Crippen molar-refractivity contribution in [2.45, 2.75) is 17.0 Å². The third-order valence-corrected chi connectivity index (χ3v) is 8.55. The monoisotopic (exact) mass is 576 g/mol. The molecule has 0 aliphatic rings. The molecule has 0 aliphatic carbocycles. The van der Waals surface area contributed by atoms with Gasteiger partial charge in [0.15, 0.2) is 0 Å². The Morgan fingerprint density at radius 2 is 1.61 bits per heavy atom. The van der Waals surface area contributed by atoms with Crippen LogP contribution in [0.3, 0.4) is 0 Å². The highest BCUT2D eigenvalue weighted by atomic mass is 32.2. The first-order valence-electron chi connectivity index (χ1n) is 10.9. The summed E-state index contributed by atoms with van der Waals surface area (Å²) in [5.74, 6) is -0.849. The van der Waals surface area contributed by atoms with Crippen molar-refractivity contribution in [1.29, 1.82) is 0 Å². The summed E-state index contributed by atoms with van der Waals surface area (Å²) in [6.07, 6.45) is 1.03. The number of amides is 1. The van der Waals surface area contributed by atoms with E-state index in [1.54, 1.807) is 6.92 Å². The average molecular weight is 577 g/mol. The number of carbonyl (C=O) groups is 1. The van der Waals surface area contributed by atoms with Crippen LogP contribution >= 0.6 is 11.3 Å². The van der Waals surface area contributed by atoms with Crippen molar-refractivity contribution in [3.05, 3.63) is 89.2 Å². The zero-order valence-electron chi connectivity index (χ0n) is 20.0. The zero-order valence-corrected chi connectivity index (χ0v) is 22.5. The van der Waals surface area contributed by atoms with E-state index in [0.29, 0.717) is 33.8 Å². The van der Waals surface area contributed by atoms with Gasteiger partial charge in [-0.1, -0.05) is 17.2 Å². The minimum Gasteiger partial charge on any atom is -0.430 e. The Morgan fingerprint density at radius 3 is 2.24 bits per heavy atom. The molecule has 1 amide bonds. The summed E-state index contributed by atoms with van der Waals surface area (Å²) in [6.45, 7) is 1.59. The highest BCUT2D eigenvalue weighted by Crippen LogP contribution is 2.29. The van der Waals surface area contributed by atoms with Crippen molar-refractivity contribution in [1.82, 2.24) is 10.2 Å². The molecule has 0 fully saturated rings. The maximum Gasteiger partial charge on any atom is 0.300 e. The third kappa shape index (κ3) is 7.12. The van der Waals surface area contributed by atoms with Gasteiger partial charge >= 0.3 is 5.19 Å². The standard InChI is InChI=1S/C24H21FN4O6S3/c1-15-13-19(9-12-21(15)25)26-22(30)17-5-3-16(4-6-17)14-38(33,34)24-28-27-23(36-24)35-20-10-7-18(8-11-20)29-37(2,31)32/h3-13,29H,14H2,1-2H3,(H,26,30). The molecule has 0 atom stereocenters. The largest absolute Gasteiger partial charge is 0.430 e. The van der Waals surface area contributed by atoms with Crippen molar-refractivity contribution >= 4 is 48.5 Å². The molecule has 1 heterocycles. The van der Waals surface area contributed by atoms with E-state index in [9.17, 15) is 26.0 Å². The molecule has 3 aromatic carbocycles. The van der Waals surface area contributed by atoms with Gasteiger partial charge in [0, 0.05) is 16.9 Å². The second-order valence-corrected chi connectivity index (χ2v) is 13.1. The summed E-state index contributed by atoms with van der Waals surface area (Å²) in [7, 11) is -7.27. The maximum absolute atomic E-state index is 13.4. The summed E-state index contributed by atoms with van der Waals surface area (Å²) in [4.78, 5) is 12.5. The van der Waals surface area contributed by atoms with Gasteiger partial charge in [0.05, 0.1) is 12.0 Å². The lowest BCUT2D eigenvalue weighted by Crippen LogP contribution is -2.12. The topological polar surface area (TPSA) is 144 Å². The van der Waals surface area contributed by atoms with Crippen LogP contribution in [0.15, 0.2) is 71.1 Å². The number of anilines is 2. The maximum atomic E-state index is 13.4. The first-order valence-corrected chi connectivity index (χ1v) is 15.2. The first kappa shape index (κ1) is 27.2. The van der Waals surface area contributed by atoms with Crippen LogP contribution in [0.5, 0.6) is 10.9 Å². The minimum atomic E-state index is -3.85. The highest BCUT2D eigenvalue weighted by Gasteiger charge is 2.22. The lowest BCUT2D eigenvalue weighted by molar-refractivity contribution is 0.102. The molecule has 0 saturated heterocycles. The fourth-order valence-corrected chi connectivity index (χ4v) is 6.06. The number of hydrogen-bond acceptors (Lipinski definition) is 9. The van der Waals surface area contributed by atoms with Gasteiger partial charge in [0.25, 0.3) is 5.91 Å². The van der Waals surface area contributed by atoms with E-state index >= 15 is 0 Å². The summed E-state index contributed by atoms with van der Waals surface area (Å²) in [5, 5.41) is 10.2. The molecule has 2 N–H and O–H groups in total. The molecule has 0 aliphatic heterocycles. The molecule has 4 rings (SSSR count). The molecule has 4 aromatic rings. The molecule has 198 valence electrons. The minimum absolute atomic E-state index is 0.00422. The number of hydrogen-bond donors (Lipinski definition) is 2. The molecule has 38 heavy (non-hydrogen) atoms. The molecule has 0 bridgehead atoms. The summed E-state index contributed by atoms with van der Waals surface area (Å²) in [6, 6.07) is 16.2.